The monoisotopic (exact) mass is 452 g/mol. The van der Waals surface area contributed by atoms with E-state index in [-0.39, 0.29) is 16.1 Å². The number of ketones is 1. The van der Waals surface area contributed by atoms with Crippen molar-refractivity contribution in [3.8, 4) is 5.75 Å². The average Bonchev–Trinajstić information content (AvgIpc) is 2.69. The van der Waals surface area contributed by atoms with E-state index in [1.807, 2.05) is 24.3 Å². The summed E-state index contributed by atoms with van der Waals surface area (Å²) in [4.78, 5) is 12.9. The number of hydrogen-bond acceptors (Lipinski definition) is 4. The highest BCUT2D eigenvalue weighted by Crippen LogP contribution is 2.41. The normalized spacial score (nSPS) is 16.1. The molecule has 1 aliphatic rings. The number of ether oxygens (including phenoxy) is 2. The van der Waals surface area contributed by atoms with Crippen molar-refractivity contribution in [3.63, 3.8) is 0 Å². The molecule has 2 aromatic rings. The van der Waals surface area contributed by atoms with E-state index < -0.39 is 5.82 Å². The molecule has 0 saturated carbocycles. The highest BCUT2D eigenvalue weighted by molar-refractivity contribution is 9.10. The van der Waals surface area contributed by atoms with Gasteiger partial charge in [-0.25, -0.2) is 4.39 Å². The minimum atomic E-state index is -0.467. The molecule has 0 aromatic heterocycles. The molecular formula is C21H22BrFO3S. The first-order valence-electron chi connectivity index (χ1n) is 8.84. The topological polar surface area (TPSA) is 35.5 Å². The SMILES string of the molecule is COc1ccc(CSC2(CC(=O)c3cc(Br)ccc3F)CCOCC2)cc1. The zero-order valence-corrected chi connectivity index (χ0v) is 17.6. The Morgan fingerprint density at radius 2 is 1.93 bits per heavy atom. The van der Waals surface area contributed by atoms with Gasteiger partial charge in [-0.05, 0) is 48.7 Å². The third kappa shape index (κ3) is 5.33. The van der Waals surface area contributed by atoms with Gasteiger partial charge in [0.15, 0.2) is 5.78 Å². The van der Waals surface area contributed by atoms with Crippen molar-refractivity contribution in [1.82, 2.24) is 0 Å². The Labute approximate surface area is 171 Å². The second kappa shape index (κ2) is 9.22. The van der Waals surface area contributed by atoms with Crippen molar-refractivity contribution >= 4 is 33.5 Å². The minimum Gasteiger partial charge on any atom is -0.497 e. The van der Waals surface area contributed by atoms with Crippen LogP contribution < -0.4 is 4.74 Å². The molecule has 0 unspecified atom stereocenters. The number of methoxy groups -OCH3 is 1. The Bertz CT molecular complexity index is 789. The van der Waals surface area contributed by atoms with E-state index in [9.17, 15) is 9.18 Å². The van der Waals surface area contributed by atoms with Crippen molar-refractivity contribution in [3.05, 3.63) is 63.9 Å². The molecule has 0 N–H and O–H groups in total. The largest absolute Gasteiger partial charge is 0.497 e. The Morgan fingerprint density at radius 3 is 2.59 bits per heavy atom. The van der Waals surface area contributed by atoms with Crippen LogP contribution in [0.2, 0.25) is 0 Å². The molecule has 0 aliphatic carbocycles. The van der Waals surface area contributed by atoms with Crippen LogP contribution >= 0.6 is 27.7 Å². The molecule has 3 rings (SSSR count). The summed E-state index contributed by atoms with van der Waals surface area (Å²) >= 11 is 5.09. The van der Waals surface area contributed by atoms with Crippen LogP contribution in [0.3, 0.4) is 0 Å². The van der Waals surface area contributed by atoms with Crippen LogP contribution in [0.15, 0.2) is 46.9 Å². The van der Waals surface area contributed by atoms with Gasteiger partial charge in [-0.1, -0.05) is 28.1 Å². The van der Waals surface area contributed by atoms with Gasteiger partial charge in [-0.3, -0.25) is 4.79 Å². The predicted octanol–water partition coefficient (Wildman–Crippen LogP) is 5.65. The number of halogens is 2. The van der Waals surface area contributed by atoms with Gasteiger partial charge in [0.25, 0.3) is 0 Å². The summed E-state index contributed by atoms with van der Waals surface area (Å²) < 4.78 is 25.3. The van der Waals surface area contributed by atoms with Crippen LogP contribution in [0.4, 0.5) is 4.39 Å². The number of thioether (sulfide) groups is 1. The van der Waals surface area contributed by atoms with Gasteiger partial charge >= 0.3 is 0 Å². The average molecular weight is 453 g/mol. The third-order valence-electron chi connectivity index (χ3n) is 4.82. The van der Waals surface area contributed by atoms with E-state index >= 15 is 0 Å². The van der Waals surface area contributed by atoms with Crippen LogP contribution in [0.1, 0.15) is 35.2 Å². The zero-order chi connectivity index (χ0) is 19.3. The molecule has 1 heterocycles. The lowest BCUT2D eigenvalue weighted by Gasteiger charge is -2.36. The van der Waals surface area contributed by atoms with Crippen molar-refractivity contribution in [2.45, 2.75) is 29.8 Å². The molecule has 1 aliphatic heterocycles. The van der Waals surface area contributed by atoms with Gasteiger partial charge < -0.3 is 9.47 Å². The van der Waals surface area contributed by atoms with Crippen LogP contribution in [-0.2, 0) is 10.5 Å². The summed E-state index contributed by atoms with van der Waals surface area (Å²) in [6.07, 6.45) is 1.88. The Morgan fingerprint density at radius 1 is 1.22 bits per heavy atom. The maximum absolute atomic E-state index is 14.1. The molecule has 0 atom stereocenters. The summed E-state index contributed by atoms with van der Waals surface area (Å²) in [7, 11) is 1.65. The number of rotatable bonds is 7. The Hall–Kier alpha value is -1.37. The second-order valence-electron chi connectivity index (χ2n) is 6.66. The van der Waals surface area contributed by atoms with Crippen molar-refractivity contribution < 1.29 is 18.7 Å². The molecule has 0 bridgehead atoms. The first kappa shape index (κ1) is 20.4. The van der Waals surface area contributed by atoms with Gasteiger partial charge in [-0.2, -0.15) is 0 Å². The van der Waals surface area contributed by atoms with Gasteiger partial charge in [0, 0.05) is 34.6 Å². The molecule has 1 fully saturated rings. The zero-order valence-electron chi connectivity index (χ0n) is 15.2. The van der Waals surface area contributed by atoms with Gasteiger partial charge in [0.1, 0.15) is 11.6 Å². The molecule has 144 valence electrons. The van der Waals surface area contributed by atoms with E-state index in [0.29, 0.717) is 24.1 Å². The number of Topliss-reactive ketones (excluding diaryl/α,β-unsaturated/α-hetero) is 1. The molecule has 6 heteroatoms. The second-order valence-corrected chi connectivity index (χ2v) is 9.02. The van der Waals surface area contributed by atoms with Gasteiger partial charge in [-0.15, -0.1) is 11.8 Å². The van der Waals surface area contributed by atoms with Crippen molar-refractivity contribution in [2.24, 2.45) is 0 Å². The van der Waals surface area contributed by atoms with E-state index in [4.69, 9.17) is 9.47 Å². The fraction of sp³-hybridized carbons (Fsp3) is 0.381. The summed E-state index contributed by atoms with van der Waals surface area (Å²) in [6.45, 7) is 1.26. The Kier molecular flexibility index (Phi) is 6.95. The fourth-order valence-corrected chi connectivity index (χ4v) is 4.89. The van der Waals surface area contributed by atoms with Crippen LogP contribution in [0, 0.1) is 5.82 Å². The van der Waals surface area contributed by atoms with Crippen molar-refractivity contribution in [2.75, 3.05) is 20.3 Å². The van der Waals surface area contributed by atoms with E-state index in [1.54, 1.807) is 31.0 Å². The maximum Gasteiger partial charge on any atom is 0.167 e. The standard InChI is InChI=1S/C21H22BrFO3S/c1-25-17-5-2-15(3-6-17)14-27-21(8-10-26-11-9-21)13-20(24)18-12-16(22)4-7-19(18)23/h2-7,12H,8-11,13-14H2,1H3. The number of carbonyl (C=O) groups excluding carboxylic acids is 1. The Balaban J connectivity index is 1.73. The molecule has 0 spiro atoms. The maximum atomic E-state index is 14.1. The van der Waals surface area contributed by atoms with Gasteiger partial charge in [0.05, 0.1) is 12.7 Å². The highest BCUT2D eigenvalue weighted by atomic mass is 79.9. The molecule has 2 aromatic carbocycles. The third-order valence-corrected chi connectivity index (χ3v) is 6.96. The lowest BCUT2D eigenvalue weighted by molar-refractivity contribution is 0.0697. The van der Waals surface area contributed by atoms with Crippen LogP contribution in [0.5, 0.6) is 5.75 Å². The summed E-state index contributed by atoms with van der Waals surface area (Å²) in [6, 6.07) is 12.5. The summed E-state index contributed by atoms with van der Waals surface area (Å²) in [5.41, 5.74) is 1.33. The summed E-state index contributed by atoms with van der Waals surface area (Å²) in [5, 5.41) is 0. The molecular weight excluding hydrogens is 431 g/mol. The molecule has 0 radical (unpaired) electrons. The molecule has 27 heavy (non-hydrogen) atoms. The van der Waals surface area contributed by atoms with Gasteiger partial charge in [0.2, 0.25) is 0 Å². The number of carbonyl (C=O) groups is 1. The molecule has 3 nitrogen and oxygen atoms in total. The number of benzene rings is 2. The lowest BCUT2D eigenvalue weighted by atomic mass is 9.90. The molecule has 0 amide bonds. The van der Waals surface area contributed by atoms with Crippen LogP contribution in [0.25, 0.3) is 0 Å². The quantitative estimate of drug-likeness (QED) is 0.508. The van der Waals surface area contributed by atoms with Crippen molar-refractivity contribution in [1.29, 1.82) is 0 Å². The summed E-state index contributed by atoms with van der Waals surface area (Å²) in [5.74, 6) is 0.992. The first-order valence-corrected chi connectivity index (χ1v) is 10.6. The lowest BCUT2D eigenvalue weighted by Crippen LogP contribution is -2.35. The minimum absolute atomic E-state index is 0.153. The smallest absolute Gasteiger partial charge is 0.167 e. The predicted molar refractivity (Wildman–Crippen MR) is 110 cm³/mol. The number of hydrogen-bond donors (Lipinski definition) is 0. The molecule has 1 saturated heterocycles. The van der Waals surface area contributed by atoms with E-state index in [0.717, 1.165) is 24.3 Å². The van der Waals surface area contributed by atoms with E-state index in [1.165, 1.54) is 11.6 Å². The fourth-order valence-electron chi connectivity index (χ4n) is 3.17. The van der Waals surface area contributed by atoms with Crippen LogP contribution in [-0.4, -0.2) is 30.9 Å². The van der Waals surface area contributed by atoms with E-state index in [2.05, 4.69) is 15.9 Å². The highest BCUT2D eigenvalue weighted by Gasteiger charge is 2.36. The first-order chi connectivity index (χ1) is 13.0.